The highest BCUT2D eigenvalue weighted by Crippen LogP contribution is 2.29. The number of nitrogens with one attached hydrogen (secondary N) is 2. The maximum atomic E-state index is 14.6. The van der Waals surface area contributed by atoms with E-state index in [0.717, 1.165) is 11.8 Å². The summed E-state index contributed by atoms with van der Waals surface area (Å²) >= 11 is 5.10. The van der Waals surface area contributed by atoms with Gasteiger partial charge in [0.2, 0.25) is 0 Å². The number of hydrogen-bond donors (Lipinski definition) is 2. The second-order valence-electron chi connectivity index (χ2n) is 7.91. The molecule has 2 aromatic heterocycles. The van der Waals surface area contributed by atoms with Crippen molar-refractivity contribution in [1.29, 1.82) is 0 Å². The summed E-state index contributed by atoms with van der Waals surface area (Å²) in [6.07, 6.45) is -5.57. The van der Waals surface area contributed by atoms with Crippen molar-refractivity contribution in [3.8, 4) is 0 Å². The van der Waals surface area contributed by atoms with Crippen LogP contribution in [0.15, 0.2) is 17.1 Å². The zero-order valence-corrected chi connectivity index (χ0v) is 18.1. The molecule has 2 atom stereocenters. The Morgan fingerprint density at radius 1 is 1.30 bits per heavy atom. The molecule has 1 amide bonds. The number of hydrogen-bond acceptors (Lipinski definition) is 5. The highest BCUT2D eigenvalue weighted by atomic mass is 32.1. The van der Waals surface area contributed by atoms with E-state index in [-0.39, 0.29) is 23.4 Å². The largest absolute Gasteiger partial charge is 0.412 e. The zero-order chi connectivity index (χ0) is 22.9. The molecule has 0 saturated heterocycles. The summed E-state index contributed by atoms with van der Waals surface area (Å²) < 4.78 is 53.1. The molecule has 12 heteroatoms. The monoisotopic (exact) mass is 450 g/mol. The first kappa shape index (κ1) is 23.9. The van der Waals surface area contributed by atoms with Gasteiger partial charge >= 0.3 is 6.09 Å². The summed E-state index contributed by atoms with van der Waals surface area (Å²) in [5.74, 6) is 0. The van der Waals surface area contributed by atoms with Gasteiger partial charge in [-0.3, -0.25) is 9.78 Å². The predicted molar refractivity (Wildman–Crippen MR) is 107 cm³/mol. The third kappa shape index (κ3) is 4.86. The van der Waals surface area contributed by atoms with E-state index in [2.05, 4.69) is 14.7 Å². The minimum Gasteiger partial charge on any atom is -0.411 e. The average Bonchev–Trinajstić information content (AvgIpc) is 3.12. The van der Waals surface area contributed by atoms with E-state index in [9.17, 15) is 22.8 Å². The molecule has 0 aliphatic carbocycles. The highest BCUT2D eigenvalue weighted by molar-refractivity contribution is 7.71. The summed E-state index contributed by atoms with van der Waals surface area (Å²) in [6.45, 7) is 5.44. The van der Waals surface area contributed by atoms with Crippen molar-refractivity contribution < 1.29 is 27.4 Å². The van der Waals surface area contributed by atoms with Crippen molar-refractivity contribution in [3.63, 3.8) is 0 Å². The van der Waals surface area contributed by atoms with Crippen LogP contribution in [-0.4, -0.2) is 63.1 Å². The van der Waals surface area contributed by atoms with Crippen LogP contribution in [0.5, 0.6) is 0 Å². The van der Waals surface area contributed by atoms with Gasteiger partial charge in [0.15, 0.2) is 10.4 Å². The number of alkyl halides is 3. The minimum atomic E-state index is -3.28. The van der Waals surface area contributed by atoms with Crippen LogP contribution in [-0.2, 0) is 16.0 Å². The number of carbonyl (C=O) groups is 1. The van der Waals surface area contributed by atoms with Crippen molar-refractivity contribution in [3.05, 3.63) is 27.4 Å². The zero-order valence-electron chi connectivity index (χ0n) is 17.3. The molecule has 0 radical (unpaired) electrons. The average molecular weight is 450 g/mol. The molecule has 0 saturated carbocycles. The molecule has 0 fully saturated rings. The summed E-state index contributed by atoms with van der Waals surface area (Å²) in [5, 5.41) is 0. The summed E-state index contributed by atoms with van der Waals surface area (Å²) in [5.41, 5.74) is -3.12. The van der Waals surface area contributed by atoms with Crippen molar-refractivity contribution >= 4 is 29.3 Å². The van der Waals surface area contributed by atoms with Gasteiger partial charge in [-0.05, 0) is 46.0 Å². The lowest BCUT2D eigenvalue weighted by Gasteiger charge is -2.35. The molecular formula is C18H25F3N4O4S. The molecule has 8 nitrogen and oxygen atoms in total. The first-order valence-corrected chi connectivity index (χ1v) is 9.50. The molecule has 0 aromatic carbocycles. The van der Waals surface area contributed by atoms with Gasteiger partial charge in [-0.1, -0.05) is 0 Å². The molecule has 2 heterocycles. The molecule has 2 N–H and O–H groups in total. The van der Waals surface area contributed by atoms with E-state index in [1.165, 1.54) is 17.8 Å². The minimum absolute atomic E-state index is 0.0468. The van der Waals surface area contributed by atoms with E-state index in [4.69, 9.17) is 17.0 Å². The van der Waals surface area contributed by atoms with E-state index in [1.807, 2.05) is 0 Å². The maximum absolute atomic E-state index is 14.6. The van der Waals surface area contributed by atoms with E-state index >= 15 is 0 Å². The molecular weight excluding hydrogens is 425 g/mol. The second-order valence-corrected chi connectivity index (χ2v) is 8.30. The Morgan fingerprint density at radius 3 is 2.50 bits per heavy atom. The van der Waals surface area contributed by atoms with Gasteiger partial charge in [0, 0.05) is 25.3 Å². The lowest BCUT2D eigenvalue weighted by molar-refractivity contribution is -0.224. The first-order chi connectivity index (χ1) is 13.8. The second kappa shape index (κ2) is 8.80. The Kier molecular flexibility index (Phi) is 7.02. The molecule has 2 unspecified atom stereocenters. The topological polar surface area (TPSA) is 92.3 Å². The van der Waals surface area contributed by atoms with Crippen LogP contribution in [0, 0.1) is 4.77 Å². The van der Waals surface area contributed by atoms with Crippen molar-refractivity contribution in [2.45, 2.75) is 58.2 Å². The standard InChI is InChI=1S/C18H25F3N4O4S/c1-17(2,3)24(5)16(27)29-14(21)18(4,13(19)20)28-9-8-25-10-6-7-22-11(10)12(26)23-15(25)30/h6-7,13-14,22H,8-9H2,1-5H3,(H,23,26,30). The molecule has 168 valence electrons. The Bertz CT molecular complexity index is 1010. The molecule has 30 heavy (non-hydrogen) atoms. The fourth-order valence-electron chi connectivity index (χ4n) is 2.47. The van der Waals surface area contributed by atoms with Crippen molar-refractivity contribution in [2.75, 3.05) is 13.7 Å². The predicted octanol–water partition coefficient (Wildman–Crippen LogP) is 3.59. The number of fused-ring (bicyclic) bond motifs is 1. The van der Waals surface area contributed by atoms with Gasteiger partial charge in [0.25, 0.3) is 18.3 Å². The fraction of sp³-hybridized carbons (Fsp3) is 0.611. The molecule has 0 aliphatic rings. The Labute approximate surface area is 176 Å². The summed E-state index contributed by atoms with van der Waals surface area (Å²) in [6, 6.07) is 1.59. The third-order valence-corrected chi connectivity index (χ3v) is 5.13. The van der Waals surface area contributed by atoms with Gasteiger partial charge < -0.3 is 23.9 Å². The molecule has 0 bridgehead atoms. The number of halogens is 3. The lowest BCUT2D eigenvalue weighted by atomic mass is 10.1. The number of rotatable bonds is 7. The number of aromatic amines is 2. The van der Waals surface area contributed by atoms with Crippen LogP contribution in [0.3, 0.4) is 0 Å². The molecule has 0 spiro atoms. The summed E-state index contributed by atoms with van der Waals surface area (Å²) in [7, 11) is 1.37. The Balaban J connectivity index is 2.14. The SMILES string of the molecule is CN(C(=O)OC(F)C(C)(OCCn1c(=S)[nH]c(=O)c2[nH]ccc21)C(F)F)C(C)(C)C. The number of aromatic nitrogens is 3. The normalized spacial score (nSPS) is 15.2. The lowest BCUT2D eigenvalue weighted by Crippen LogP contribution is -2.51. The first-order valence-electron chi connectivity index (χ1n) is 9.10. The van der Waals surface area contributed by atoms with Crippen molar-refractivity contribution in [2.24, 2.45) is 0 Å². The number of H-pyrrole nitrogens is 2. The van der Waals surface area contributed by atoms with Gasteiger partial charge in [0.05, 0.1) is 12.1 Å². The summed E-state index contributed by atoms with van der Waals surface area (Å²) in [4.78, 5) is 30.2. The third-order valence-electron chi connectivity index (χ3n) is 4.80. The van der Waals surface area contributed by atoms with E-state index in [1.54, 1.807) is 26.8 Å². The van der Waals surface area contributed by atoms with E-state index < -0.39 is 35.6 Å². The highest BCUT2D eigenvalue weighted by Gasteiger charge is 2.48. The smallest absolute Gasteiger partial charge is 0.411 e. The number of nitrogens with zero attached hydrogens (tertiary/aromatic N) is 2. The fourth-order valence-corrected chi connectivity index (χ4v) is 2.75. The number of amides is 1. The number of carbonyl (C=O) groups excluding carboxylic acids is 1. The maximum Gasteiger partial charge on any atom is 0.412 e. The number of ether oxygens (including phenoxy) is 2. The van der Waals surface area contributed by atoms with Crippen LogP contribution in [0.2, 0.25) is 0 Å². The van der Waals surface area contributed by atoms with Crippen LogP contribution < -0.4 is 5.56 Å². The van der Waals surface area contributed by atoms with Gasteiger partial charge in [0.1, 0.15) is 5.52 Å². The van der Waals surface area contributed by atoms with Crippen molar-refractivity contribution in [1.82, 2.24) is 19.4 Å². The Morgan fingerprint density at radius 2 is 1.93 bits per heavy atom. The molecule has 2 rings (SSSR count). The van der Waals surface area contributed by atoms with Gasteiger partial charge in [-0.2, -0.15) is 4.39 Å². The molecule has 2 aromatic rings. The quantitative estimate of drug-likeness (QED) is 0.629. The van der Waals surface area contributed by atoms with Crippen LogP contribution in [0.4, 0.5) is 18.0 Å². The van der Waals surface area contributed by atoms with Crippen LogP contribution in [0.1, 0.15) is 27.7 Å². The van der Waals surface area contributed by atoms with Gasteiger partial charge in [-0.15, -0.1) is 0 Å². The van der Waals surface area contributed by atoms with Crippen LogP contribution in [0.25, 0.3) is 11.0 Å². The van der Waals surface area contributed by atoms with E-state index in [0.29, 0.717) is 5.52 Å². The van der Waals surface area contributed by atoms with Crippen LogP contribution >= 0.6 is 12.2 Å². The molecule has 0 aliphatic heterocycles. The Hall–Kier alpha value is -2.34. The van der Waals surface area contributed by atoms with Gasteiger partial charge in [-0.25, -0.2) is 13.6 Å².